The molecule has 0 atom stereocenters. The molecule has 0 aromatic rings. The van der Waals surface area contributed by atoms with Gasteiger partial charge in [-0.15, -0.1) is 0 Å². The molecule has 0 aromatic heterocycles. The largest absolute Gasteiger partial charge is 1.00 e. The maximum Gasteiger partial charge on any atom is 1.00 e. The maximum absolute atomic E-state index is 8.68. The molecule has 0 aliphatic rings. The molecule has 0 spiro atoms. The summed E-state index contributed by atoms with van der Waals surface area (Å²) in [5.74, 6) is 0. The minimum Gasteiger partial charge on any atom is -0.427 e. The Morgan fingerprint density at radius 3 is 0.889 bits per heavy atom. The van der Waals surface area contributed by atoms with E-state index in [1.165, 1.54) is 0 Å². The molecule has 0 aliphatic carbocycles. The Kier molecular flexibility index (Phi) is 26.6. The fraction of sp³-hybridized carbons (Fsp3) is 0. The molecule has 0 aliphatic heterocycles. The van der Waals surface area contributed by atoms with Gasteiger partial charge in [-0.05, 0) is 3.44 Å². The Bertz CT molecular complexity index is 26.5. The van der Waals surface area contributed by atoms with E-state index in [4.69, 9.17) is 20.6 Å². The fourth-order valence-corrected chi connectivity index (χ4v) is 0. The van der Waals surface area contributed by atoms with Gasteiger partial charge in [-0.2, -0.15) is 0 Å². The molecule has 0 rings (SSSR count). The van der Waals surface area contributed by atoms with Gasteiger partial charge in [-0.1, -0.05) is 0 Å². The first kappa shape index (κ1) is 17.8. The topological polar surface area (TPSA) is 136 Å². The zero-order valence-electron chi connectivity index (χ0n) is 4.24. The van der Waals surface area contributed by atoms with Crippen LogP contribution in [0.4, 0.5) is 0 Å². The van der Waals surface area contributed by atoms with Gasteiger partial charge >= 0.3 is 72.4 Å². The van der Waals surface area contributed by atoms with Gasteiger partial charge < -0.3 is 17.2 Å². The van der Waals surface area contributed by atoms with Gasteiger partial charge in [-0.3, -0.25) is 0 Å². The van der Waals surface area contributed by atoms with Crippen molar-refractivity contribution in [2.75, 3.05) is 0 Å². The van der Waals surface area contributed by atoms with Gasteiger partial charge in [0.25, 0.3) is 21.1 Å². The SMILES string of the molecule is [K+].[O-][I+2]([O-])O.[O-][I+2]([O-])[O-]. The minimum absolute atomic E-state index is 0. The maximum atomic E-state index is 8.68. The average Bonchev–Trinajstić information content (AvgIpc) is 1.25. The summed E-state index contributed by atoms with van der Waals surface area (Å²) in [7, 11) is 0. The summed E-state index contributed by atoms with van der Waals surface area (Å²) >= 11 is -7.78. The molecule has 6 nitrogen and oxygen atoms in total. The van der Waals surface area contributed by atoms with Gasteiger partial charge in [0, 0.05) is 0 Å². The van der Waals surface area contributed by atoms with E-state index in [-0.39, 0.29) is 51.4 Å². The van der Waals surface area contributed by atoms with Crippen molar-refractivity contribution in [2.24, 2.45) is 0 Å². The van der Waals surface area contributed by atoms with Crippen LogP contribution < -0.4 is 111 Å². The van der Waals surface area contributed by atoms with Crippen LogP contribution in [-0.4, -0.2) is 3.44 Å². The Labute approximate surface area is 111 Å². The first-order valence-corrected chi connectivity index (χ1v) is 6.31. The van der Waals surface area contributed by atoms with Crippen LogP contribution in [0.2, 0.25) is 0 Å². The second-order valence-electron chi connectivity index (χ2n) is 0.390. The quantitative estimate of drug-likeness (QED) is 0.323. The average molecular weight is 390 g/mol. The van der Waals surface area contributed by atoms with Crippen molar-refractivity contribution in [2.45, 2.75) is 0 Å². The van der Waals surface area contributed by atoms with E-state index in [1.54, 1.807) is 0 Å². The van der Waals surface area contributed by atoms with Gasteiger partial charge in [-0.25, -0.2) is 0 Å². The number of hydrogen-bond acceptors (Lipinski definition) is 6. The summed E-state index contributed by atoms with van der Waals surface area (Å²) in [6.45, 7) is 0. The molecule has 1 N–H and O–H groups in total. The molecule has 0 fully saturated rings. The van der Waals surface area contributed by atoms with Crippen LogP contribution in [0, 0.1) is 0 Å². The Morgan fingerprint density at radius 2 is 0.889 bits per heavy atom. The minimum atomic E-state index is -4.01. The first-order chi connectivity index (χ1) is 3.46. The van der Waals surface area contributed by atoms with Crippen LogP contribution in [-0.2, 0) is 0 Å². The van der Waals surface area contributed by atoms with E-state index in [0.29, 0.717) is 0 Å². The summed E-state index contributed by atoms with van der Waals surface area (Å²) < 4.78 is 50.2. The van der Waals surface area contributed by atoms with Gasteiger partial charge in [0.1, 0.15) is 0 Å². The third-order valence-corrected chi connectivity index (χ3v) is 0. The van der Waals surface area contributed by atoms with Crippen LogP contribution in [0.25, 0.3) is 0 Å². The summed E-state index contributed by atoms with van der Waals surface area (Å²) in [6, 6.07) is 0. The predicted molar refractivity (Wildman–Crippen MR) is 2.22 cm³/mol. The van der Waals surface area contributed by atoms with Crippen molar-refractivity contribution in [3.8, 4) is 0 Å². The number of rotatable bonds is 0. The molecular formula is HI2KO6. The third-order valence-electron chi connectivity index (χ3n) is 0. The van der Waals surface area contributed by atoms with Crippen molar-refractivity contribution in [1.82, 2.24) is 0 Å². The molecule has 0 saturated heterocycles. The molecule has 0 heterocycles. The molecular weight excluding hydrogens is 389 g/mol. The second-order valence-corrected chi connectivity index (χ2v) is 2.62. The third kappa shape index (κ3) is 104. The molecule has 9 heteroatoms. The van der Waals surface area contributed by atoms with E-state index in [9.17, 15) is 0 Å². The summed E-state index contributed by atoms with van der Waals surface area (Å²) in [6.07, 6.45) is 0. The van der Waals surface area contributed by atoms with E-state index in [0.717, 1.165) is 0 Å². The zero-order valence-corrected chi connectivity index (χ0v) is 11.7. The van der Waals surface area contributed by atoms with Gasteiger partial charge in [0.15, 0.2) is 0 Å². The van der Waals surface area contributed by atoms with Crippen LogP contribution in [0.15, 0.2) is 0 Å². The normalized spacial score (nSPS) is 8.00. The fourth-order valence-electron chi connectivity index (χ4n) is 0. The summed E-state index contributed by atoms with van der Waals surface area (Å²) in [4.78, 5) is 0. The Balaban J connectivity index is -0.0000000720. The van der Waals surface area contributed by atoms with Crippen LogP contribution >= 0.6 is 0 Å². The van der Waals surface area contributed by atoms with E-state index >= 15 is 0 Å². The van der Waals surface area contributed by atoms with Gasteiger partial charge in [0.05, 0.1) is 0 Å². The Hall–Kier alpha value is 2.86. The van der Waals surface area contributed by atoms with Crippen LogP contribution in [0.3, 0.4) is 0 Å². The molecule has 0 bridgehead atoms. The van der Waals surface area contributed by atoms with Gasteiger partial charge in [0.2, 0.25) is 0 Å². The molecule has 52 valence electrons. The molecule has 0 radical (unpaired) electrons. The molecule has 0 aromatic carbocycles. The van der Waals surface area contributed by atoms with Crippen molar-refractivity contribution in [3.05, 3.63) is 0 Å². The van der Waals surface area contributed by atoms with E-state index < -0.39 is 42.1 Å². The second kappa shape index (κ2) is 13.4. The molecule has 0 amide bonds. The molecule has 0 unspecified atom stereocenters. The monoisotopic (exact) mass is 390 g/mol. The van der Waals surface area contributed by atoms with Crippen LogP contribution in [0.1, 0.15) is 0 Å². The van der Waals surface area contributed by atoms with Crippen molar-refractivity contribution < 1.29 is 114 Å². The van der Waals surface area contributed by atoms with Crippen molar-refractivity contribution >= 4 is 0 Å². The first-order valence-electron chi connectivity index (χ1n) is 0.941. The smallest absolute Gasteiger partial charge is 0.427 e. The number of halogens is 2. The Morgan fingerprint density at radius 1 is 0.889 bits per heavy atom. The summed E-state index contributed by atoms with van der Waals surface area (Å²) in [5.41, 5.74) is 0. The molecule has 0 saturated carbocycles. The van der Waals surface area contributed by atoms with Crippen molar-refractivity contribution in [1.29, 1.82) is 0 Å². The number of hydrogen-bond donors (Lipinski definition) is 1. The van der Waals surface area contributed by atoms with E-state index in [2.05, 4.69) is 0 Å². The van der Waals surface area contributed by atoms with Crippen molar-refractivity contribution in [3.63, 3.8) is 0 Å². The van der Waals surface area contributed by atoms with Crippen LogP contribution in [0.5, 0.6) is 0 Å². The standard InChI is InChI=1S/HIO3.IO3.K/c2*2-1(3)4;/h2H;;/q;-1;+1. The zero-order chi connectivity index (χ0) is 7.15. The predicted octanol–water partition coefficient (Wildman–Crippen LogP) is -15.5. The van der Waals surface area contributed by atoms with E-state index in [1.807, 2.05) is 0 Å². The molecule has 9 heavy (non-hydrogen) atoms. The summed E-state index contributed by atoms with van der Waals surface area (Å²) in [5, 5.41) is 0.